The van der Waals surface area contributed by atoms with Gasteiger partial charge in [0, 0.05) is 16.6 Å². The Kier molecular flexibility index (Phi) is 5.25. The second kappa shape index (κ2) is 7.98. The molecule has 28 heavy (non-hydrogen) atoms. The van der Waals surface area contributed by atoms with E-state index in [1.807, 2.05) is 36.4 Å². The number of hydrogen-bond donors (Lipinski definition) is 2. The van der Waals surface area contributed by atoms with Crippen LogP contribution in [0.15, 0.2) is 53.7 Å². The van der Waals surface area contributed by atoms with Gasteiger partial charge in [0.2, 0.25) is 11.1 Å². The first kappa shape index (κ1) is 18.4. The molecule has 0 radical (unpaired) electrons. The fraction of sp³-hybridized carbons (Fsp3) is 0.238. The number of nitrogens with zero attached hydrogens (tertiary/aromatic N) is 3. The van der Waals surface area contributed by atoms with Gasteiger partial charge in [-0.3, -0.25) is 4.79 Å². The Hall–Kier alpha value is -2.93. The second-order valence-corrected chi connectivity index (χ2v) is 7.67. The maximum absolute atomic E-state index is 12.2. The summed E-state index contributed by atoms with van der Waals surface area (Å²) in [7, 11) is 0. The lowest BCUT2D eigenvalue weighted by molar-refractivity contribution is -0.113. The van der Waals surface area contributed by atoms with Crippen LogP contribution in [0.1, 0.15) is 31.7 Å². The second-order valence-electron chi connectivity index (χ2n) is 6.73. The minimum Gasteiger partial charge on any atom is -0.338 e. The van der Waals surface area contributed by atoms with Crippen LogP contribution in [0.2, 0.25) is 0 Å². The Balaban J connectivity index is 1.39. The summed E-state index contributed by atoms with van der Waals surface area (Å²) in [5.41, 5.74) is 4.47. The van der Waals surface area contributed by atoms with Crippen LogP contribution in [0.25, 0.3) is 22.1 Å². The van der Waals surface area contributed by atoms with E-state index in [1.165, 1.54) is 17.3 Å². The number of carbonyl (C=O) groups is 1. The molecule has 0 unspecified atom stereocenters. The number of fused-ring (bicyclic) bond motifs is 3. The zero-order valence-corrected chi connectivity index (χ0v) is 16.6. The molecule has 1 atom stereocenters. The summed E-state index contributed by atoms with van der Waals surface area (Å²) < 4.78 is 0. The highest BCUT2D eigenvalue weighted by Crippen LogP contribution is 2.24. The normalized spacial score (nSPS) is 12.4. The van der Waals surface area contributed by atoms with E-state index in [9.17, 15) is 4.79 Å². The average Bonchev–Trinajstić information content (AvgIpc) is 3.10. The lowest BCUT2D eigenvalue weighted by Gasteiger charge is -2.10. The van der Waals surface area contributed by atoms with E-state index in [4.69, 9.17) is 0 Å². The Morgan fingerprint density at radius 2 is 1.93 bits per heavy atom. The highest BCUT2D eigenvalue weighted by molar-refractivity contribution is 7.99. The van der Waals surface area contributed by atoms with Gasteiger partial charge < -0.3 is 10.3 Å². The van der Waals surface area contributed by atoms with Gasteiger partial charge in [0.05, 0.1) is 5.75 Å². The number of amides is 1. The number of aromatic amines is 1. The number of thioether (sulfide) groups is 1. The molecule has 0 aliphatic heterocycles. The fourth-order valence-corrected chi connectivity index (χ4v) is 3.61. The molecule has 1 amide bonds. The van der Waals surface area contributed by atoms with Gasteiger partial charge in [-0.2, -0.15) is 0 Å². The van der Waals surface area contributed by atoms with Crippen molar-refractivity contribution >= 4 is 45.4 Å². The lowest BCUT2D eigenvalue weighted by atomic mass is 9.99. The predicted molar refractivity (Wildman–Crippen MR) is 114 cm³/mol. The summed E-state index contributed by atoms with van der Waals surface area (Å²) in [6.45, 7) is 4.37. The number of para-hydroxylation sites is 1. The molecule has 0 saturated heterocycles. The maximum Gasteiger partial charge on any atom is 0.234 e. The highest BCUT2D eigenvalue weighted by atomic mass is 32.2. The van der Waals surface area contributed by atoms with Gasteiger partial charge in [0.15, 0.2) is 5.65 Å². The number of benzene rings is 2. The van der Waals surface area contributed by atoms with Crippen molar-refractivity contribution in [2.24, 2.45) is 0 Å². The molecule has 0 fully saturated rings. The monoisotopic (exact) mass is 391 g/mol. The molecule has 0 bridgehead atoms. The van der Waals surface area contributed by atoms with Gasteiger partial charge in [-0.15, -0.1) is 10.2 Å². The van der Waals surface area contributed by atoms with Crippen LogP contribution in [0.4, 0.5) is 5.69 Å². The van der Waals surface area contributed by atoms with Crippen molar-refractivity contribution < 1.29 is 4.79 Å². The van der Waals surface area contributed by atoms with Gasteiger partial charge in [0.1, 0.15) is 5.52 Å². The predicted octanol–water partition coefficient (Wildman–Crippen LogP) is 4.75. The van der Waals surface area contributed by atoms with Crippen LogP contribution in [-0.4, -0.2) is 31.8 Å². The Morgan fingerprint density at radius 1 is 1.14 bits per heavy atom. The molecular formula is C21H21N5OS. The minimum absolute atomic E-state index is 0.0957. The fourth-order valence-electron chi connectivity index (χ4n) is 3.02. The molecular weight excluding hydrogens is 370 g/mol. The molecule has 0 aliphatic rings. The average molecular weight is 392 g/mol. The topological polar surface area (TPSA) is 83.6 Å². The minimum atomic E-state index is -0.0957. The molecule has 7 heteroatoms. The number of rotatable bonds is 6. The van der Waals surface area contributed by atoms with E-state index in [2.05, 4.69) is 51.5 Å². The van der Waals surface area contributed by atoms with Crippen LogP contribution in [0.5, 0.6) is 0 Å². The quantitative estimate of drug-likeness (QED) is 0.463. The first-order chi connectivity index (χ1) is 13.6. The van der Waals surface area contributed by atoms with Crippen LogP contribution >= 0.6 is 11.8 Å². The lowest BCUT2D eigenvalue weighted by Crippen LogP contribution is -2.14. The van der Waals surface area contributed by atoms with Crippen molar-refractivity contribution in [1.29, 1.82) is 0 Å². The van der Waals surface area contributed by atoms with E-state index in [1.54, 1.807) is 0 Å². The van der Waals surface area contributed by atoms with Crippen LogP contribution in [0, 0.1) is 0 Å². The van der Waals surface area contributed by atoms with E-state index in [0.29, 0.717) is 16.7 Å². The molecule has 2 aromatic carbocycles. The van der Waals surface area contributed by atoms with Crippen molar-refractivity contribution in [1.82, 2.24) is 20.2 Å². The Bertz CT molecular complexity index is 1120. The summed E-state index contributed by atoms with van der Waals surface area (Å²) in [6, 6.07) is 15.9. The third-order valence-electron chi connectivity index (χ3n) is 4.81. The van der Waals surface area contributed by atoms with E-state index < -0.39 is 0 Å². The standard InChI is InChI=1S/C21H21N5OS/c1-3-13(2)14-8-10-15(11-9-14)22-18(27)12-28-21-24-20-19(25-26-21)16-6-4-5-7-17(16)23-20/h4-11,13H,3,12H2,1-2H3,(H,22,27)(H,23,24,26)/t13-/m1/s1. The SMILES string of the molecule is CC[C@@H](C)c1ccc(NC(=O)CSc2nnc3c(n2)[nH]c2ccccc23)cc1. The molecule has 0 saturated carbocycles. The number of carbonyl (C=O) groups excluding carboxylic acids is 1. The van der Waals surface area contributed by atoms with Crippen LogP contribution in [0.3, 0.4) is 0 Å². The Morgan fingerprint density at radius 3 is 2.71 bits per heavy atom. The van der Waals surface area contributed by atoms with E-state index >= 15 is 0 Å². The van der Waals surface area contributed by atoms with Crippen molar-refractivity contribution in [2.45, 2.75) is 31.3 Å². The first-order valence-electron chi connectivity index (χ1n) is 9.28. The van der Waals surface area contributed by atoms with Crippen molar-refractivity contribution in [3.63, 3.8) is 0 Å². The van der Waals surface area contributed by atoms with Gasteiger partial charge in [-0.25, -0.2) is 4.98 Å². The van der Waals surface area contributed by atoms with Crippen molar-refractivity contribution in [3.8, 4) is 0 Å². The largest absolute Gasteiger partial charge is 0.338 e. The first-order valence-corrected chi connectivity index (χ1v) is 10.3. The van der Waals surface area contributed by atoms with Gasteiger partial charge in [0.25, 0.3) is 0 Å². The number of nitrogens with one attached hydrogen (secondary N) is 2. The van der Waals surface area contributed by atoms with Crippen molar-refractivity contribution in [3.05, 3.63) is 54.1 Å². The summed E-state index contributed by atoms with van der Waals surface area (Å²) in [5.74, 6) is 0.645. The van der Waals surface area contributed by atoms with Gasteiger partial charge >= 0.3 is 0 Å². The van der Waals surface area contributed by atoms with E-state index in [0.717, 1.165) is 28.5 Å². The summed E-state index contributed by atoms with van der Waals surface area (Å²) in [6.07, 6.45) is 1.09. The van der Waals surface area contributed by atoms with Gasteiger partial charge in [-0.1, -0.05) is 55.9 Å². The number of hydrogen-bond acceptors (Lipinski definition) is 5. The molecule has 4 rings (SSSR count). The number of aromatic nitrogens is 4. The van der Waals surface area contributed by atoms with Crippen LogP contribution in [-0.2, 0) is 4.79 Å². The molecule has 0 spiro atoms. The smallest absolute Gasteiger partial charge is 0.234 e. The third kappa shape index (κ3) is 3.84. The number of anilines is 1. The van der Waals surface area contributed by atoms with Crippen LogP contribution < -0.4 is 5.32 Å². The molecule has 6 nitrogen and oxygen atoms in total. The van der Waals surface area contributed by atoms with E-state index in [-0.39, 0.29) is 11.7 Å². The molecule has 2 aromatic heterocycles. The molecule has 2 heterocycles. The maximum atomic E-state index is 12.2. The van der Waals surface area contributed by atoms with Gasteiger partial charge in [-0.05, 0) is 36.1 Å². The van der Waals surface area contributed by atoms with Crippen molar-refractivity contribution in [2.75, 3.05) is 11.1 Å². The zero-order valence-electron chi connectivity index (χ0n) is 15.8. The summed E-state index contributed by atoms with van der Waals surface area (Å²) >= 11 is 1.27. The molecule has 0 aliphatic carbocycles. The Labute approximate surface area is 167 Å². The molecule has 2 N–H and O–H groups in total. The summed E-state index contributed by atoms with van der Waals surface area (Å²) in [4.78, 5) is 20.0. The number of H-pyrrole nitrogens is 1. The zero-order chi connectivity index (χ0) is 19.5. The molecule has 4 aromatic rings. The summed E-state index contributed by atoms with van der Waals surface area (Å²) in [5, 5.41) is 12.8. The third-order valence-corrected chi connectivity index (χ3v) is 5.65. The highest BCUT2D eigenvalue weighted by Gasteiger charge is 2.11. The molecule has 142 valence electrons.